The van der Waals surface area contributed by atoms with Crippen LogP contribution in [-0.2, 0) is 6.54 Å². The quantitative estimate of drug-likeness (QED) is 0.399. The lowest BCUT2D eigenvalue weighted by molar-refractivity contribution is 0.112. The van der Waals surface area contributed by atoms with Crippen molar-refractivity contribution in [2.24, 2.45) is 5.73 Å². The summed E-state index contributed by atoms with van der Waals surface area (Å²) < 4.78 is 0. The highest BCUT2D eigenvalue weighted by Crippen LogP contribution is 2.22. The molecule has 7 heteroatoms. The number of hydrogen-bond acceptors (Lipinski definition) is 7. The van der Waals surface area contributed by atoms with E-state index in [0.29, 0.717) is 5.56 Å². The van der Waals surface area contributed by atoms with E-state index < -0.39 is 0 Å². The first-order chi connectivity index (χ1) is 15.1. The minimum Gasteiger partial charge on any atom is -0.333 e. The number of aromatic nitrogens is 2. The molecule has 0 fully saturated rings. The van der Waals surface area contributed by atoms with Crippen molar-refractivity contribution >= 4 is 29.0 Å². The van der Waals surface area contributed by atoms with E-state index in [0.717, 1.165) is 39.8 Å². The van der Waals surface area contributed by atoms with Crippen LogP contribution < -0.4 is 11.1 Å². The van der Waals surface area contributed by atoms with Gasteiger partial charge in [-0.3, -0.25) is 4.79 Å². The summed E-state index contributed by atoms with van der Waals surface area (Å²) in [6, 6.07) is 16.0. The molecule has 3 N–H and O–H groups in total. The Bertz CT molecular complexity index is 1050. The van der Waals surface area contributed by atoms with Gasteiger partial charge >= 0.3 is 0 Å². The number of benzene rings is 2. The van der Waals surface area contributed by atoms with Gasteiger partial charge in [-0.1, -0.05) is 48.5 Å². The molecule has 162 valence electrons. The first-order valence-electron chi connectivity index (χ1n) is 9.80. The van der Waals surface area contributed by atoms with Crippen LogP contribution in [0.15, 0.2) is 59.3 Å². The van der Waals surface area contributed by atoms with Gasteiger partial charge in [0.1, 0.15) is 6.29 Å². The second-order valence-electron chi connectivity index (χ2n) is 6.47. The number of hydrogen-bond donors (Lipinski definition) is 2. The fourth-order valence-electron chi connectivity index (χ4n) is 2.72. The number of aryl methyl sites for hydroxylation is 2. The molecule has 2 aromatic heterocycles. The Morgan fingerprint density at radius 3 is 1.65 bits per heavy atom. The third-order valence-corrected chi connectivity index (χ3v) is 5.76. The Morgan fingerprint density at radius 2 is 1.29 bits per heavy atom. The van der Waals surface area contributed by atoms with E-state index in [1.807, 2.05) is 38.4 Å². The average molecular weight is 453 g/mol. The minimum atomic E-state index is 0.695. The van der Waals surface area contributed by atoms with Gasteiger partial charge in [0.25, 0.3) is 0 Å². The summed E-state index contributed by atoms with van der Waals surface area (Å²) in [5.41, 5.74) is 10.8. The van der Waals surface area contributed by atoms with Crippen molar-refractivity contribution in [2.75, 3.05) is 14.1 Å². The largest absolute Gasteiger partial charge is 0.333 e. The van der Waals surface area contributed by atoms with Crippen LogP contribution in [0.3, 0.4) is 0 Å². The van der Waals surface area contributed by atoms with Crippen LogP contribution in [0, 0.1) is 13.8 Å². The summed E-state index contributed by atoms with van der Waals surface area (Å²) in [7, 11) is 3.46. The molecule has 5 nitrogen and oxygen atoms in total. The Hall–Kier alpha value is -2.71. The summed E-state index contributed by atoms with van der Waals surface area (Å²) >= 11 is 3.32. The molecule has 0 spiro atoms. The monoisotopic (exact) mass is 452 g/mol. The highest BCUT2D eigenvalue weighted by atomic mass is 32.1. The summed E-state index contributed by atoms with van der Waals surface area (Å²) in [4.78, 5) is 19.3. The van der Waals surface area contributed by atoms with Crippen LogP contribution in [0.2, 0.25) is 0 Å². The first-order valence-corrected chi connectivity index (χ1v) is 11.6. The van der Waals surface area contributed by atoms with Gasteiger partial charge in [-0.25, -0.2) is 9.97 Å². The lowest BCUT2D eigenvalue weighted by atomic mass is 10.1. The van der Waals surface area contributed by atoms with Crippen LogP contribution in [0.5, 0.6) is 0 Å². The van der Waals surface area contributed by atoms with Crippen LogP contribution in [0.4, 0.5) is 0 Å². The smallest absolute Gasteiger partial charge is 0.150 e. The number of carbonyl (C=O) groups is 1. The lowest BCUT2D eigenvalue weighted by Crippen LogP contribution is -2.04. The highest BCUT2D eigenvalue weighted by molar-refractivity contribution is 7.10. The van der Waals surface area contributed by atoms with Crippen molar-refractivity contribution in [2.45, 2.75) is 20.4 Å². The van der Waals surface area contributed by atoms with E-state index in [-0.39, 0.29) is 0 Å². The van der Waals surface area contributed by atoms with E-state index in [1.54, 1.807) is 34.8 Å². The molecular formula is C24H28N4OS2. The summed E-state index contributed by atoms with van der Waals surface area (Å²) in [6.07, 6.45) is 0.843. The third-order valence-electron chi connectivity index (χ3n) is 4.21. The maximum Gasteiger partial charge on any atom is 0.150 e. The molecule has 0 aliphatic carbocycles. The van der Waals surface area contributed by atoms with Gasteiger partial charge in [0.15, 0.2) is 0 Å². The van der Waals surface area contributed by atoms with Crippen molar-refractivity contribution in [1.82, 2.24) is 15.3 Å². The zero-order chi connectivity index (χ0) is 22.6. The fourth-order valence-corrected chi connectivity index (χ4v) is 3.97. The van der Waals surface area contributed by atoms with Gasteiger partial charge in [0.05, 0.1) is 21.4 Å². The molecule has 0 saturated heterocycles. The first kappa shape index (κ1) is 24.6. The molecule has 0 aliphatic rings. The minimum absolute atomic E-state index is 0.695. The van der Waals surface area contributed by atoms with Crippen LogP contribution in [-0.4, -0.2) is 30.3 Å². The fraction of sp³-hybridized carbons (Fsp3) is 0.208. The normalized spacial score (nSPS) is 9.84. The van der Waals surface area contributed by atoms with E-state index in [2.05, 4.69) is 50.7 Å². The van der Waals surface area contributed by atoms with E-state index >= 15 is 0 Å². The molecule has 2 aromatic carbocycles. The number of aldehydes is 1. The van der Waals surface area contributed by atoms with Crippen molar-refractivity contribution in [3.8, 4) is 22.5 Å². The topological polar surface area (TPSA) is 80.9 Å². The lowest BCUT2D eigenvalue weighted by Gasteiger charge is -2.01. The molecule has 0 radical (unpaired) electrons. The van der Waals surface area contributed by atoms with E-state index in [1.165, 1.54) is 18.2 Å². The zero-order valence-electron chi connectivity index (χ0n) is 18.3. The number of nitrogens with two attached hydrogens (primary N) is 1. The number of carbonyl (C=O) groups excluding carboxylic acids is 1. The molecule has 4 aromatic rings. The Kier molecular flexibility index (Phi) is 10.2. The molecule has 0 unspecified atom stereocenters. The molecule has 0 aliphatic heterocycles. The number of rotatable bonds is 5. The number of thiazole rings is 2. The SMILES string of the molecule is CN.CNCc1ccc(-c2csc(C)n2)cc1.Cc1nc(-c2ccc(C=O)cc2)cs1. The standard InChI is InChI=1S/C12H14N2S.C11H9NOS.CH5N/c1-9-14-12(8-15-9)11-5-3-10(4-6-11)7-13-2;1-8-12-11(7-14-8)10-4-2-9(6-13)3-5-10;1-2/h3-6,8,13H,7H2,1-2H3;2-7H,1H3;2H2,1H3. The second-order valence-corrected chi connectivity index (χ2v) is 8.60. The molecule has 0 bridgehead atoms. The van der Waals surface area contributed by atoms with Gasteiger partial charge < -0.3 is 11.1 Å². The van der Waals surface area contributed by atoms with Crippen LogP contribution in [0.25, 0.3) is 22.5 Å². The summed E-state index contributed by atoms with van der Waals surface area (Å²) in [6.45, 7) is 4.92. The Labute approximate surface area is 192 Å². The van der Waals surface area contributed by atoms with Gasteiger partial charge in [-0.15, -0.1) is 22.7 Å². The van der Waals surface area contributed by atoms with E-state index in [9.17, 15) is 4.79 Å². The molecule has 4 rings (SSSR count). The average Bonchev–Trinajstić information content (AvgIpc) is 3.45. The Balaban J connectivity index is 0.000000204. The molecule has 0 atom stereocenters. The van der Waals surface area contributed by atoms with Crippen molar-refractivity contribution in [1.29, 1.82) is 0 Å². The van der Waals surface area contributed by atoms with Crippen molar-refractivity contribution in [3.05, 3.63) is 80.4 Å². The third kappa shape index (κ3) is 7.48. The van der Waals surface area contributed by atoms with Crippen molar-refractivity contribution in [3.63, 3.8) is 0 Å². The maximum absolute atomic E-state index is 10.4. The molecule has 0 amide bonds. The van der Waals surface area contributed by atoms with Gasteiger partial charge in [0.2, 0.25) is 0 Å². The van der Waals surface area contributed by atoms with Gasteiger partial charge in [0, 0.05) is 34.0 Å². The number of nitrogens with one attached hydrogen (secondary N) is 1. The summed E-state index contributed by atoms with van der Waals surface area (Å²) in [5.74, 6) is 0. The highest BCUT2D eigenvalue weighted by Gasteiger charge is 2.02. The van der Waals surface area contributed by atoms with Gasteiger partial charge in [-0.2, -0.15) is 0 Å². The second kappa shape index (κ2) is 12.9. The maximum atomic E-state index is 10.4. The molecule has 31 heavy (non-hydrogen) atoms. The molecule has 0 saturated carbocycles. The zero-order valence-corrected chi connectivity index (χ0v) is 19.9. The van der Waals surface area contributed by atoms with Crippen LogP contribution >= 0.6 is 22.7 Å². The predicted molar refractivity (Wildman–Crippen MR) is 133 cm³/mol. The van der Waals surface area contributed by atoms with Gasteiger partial charge in [-0.05, 0) is 33.5 Å². The molecule has 2 heterocycles. The Morgan fingerprint density at radius 1 is 0.839 bits per heavy atom. The number of nitrogens with zero attached hydrogens (tertiary/aromatic N) is 2. The van der Waals surface area contributed by atoms with Crippen LogP contribution in [0.1, 0.15) is 25.9 Å². The predicted octanol–water partition coefficient (Wildman–Crippen LogP) is 5.34. The van der Waals surface area contributed by atoms with Crippen molar-refractivity contribution < 1.29 is 4.79 Å². The van der Waals surface area contributed by atoms with E-state index in [4.69, 9.17) is 0 Å². The summed E-state index contributed by atoms with van der Waals surface area (Å²) in [5, 5.41) is 9.42. The molecular weight excluding hydrogens is 424 g/mol.